The molecule has 0 amide bonds. The smallest absolute Gasteiger partial charge is 0.357 e. The molecule has 3 rings (SSSR count). The van der Waals surface area contributed by atoms with Crippen LogP contribution in [0.5, 0.6) is 0 Å². The lowest BCUT2D eigenvalue weighted by molar-refractivity contribution is 0.0520. The third-order valence-corrected chi connectivity index (χ3v) is 5.30. The summed E-state index contributed by atoms with van der Waals surface area (Å²) < 4.78 is 4.99. The monoisotopic (exact) mass is 309 g/mol. The van der Waals surface area contributed by atoms with Gasteiger partial charge in [-0.15, -0.1) is 11.3 Å². The zero-order chi connectivity index (χ0) is 14.7. The average Bonchev–Trinajstić information content (AvgIpc) is 3.19. The van der Waals surface area contributed by atoms with Crippen LogP contribution in [0.25, 0.3) is 0 Å². The lowest BCUT2D eigenvalue weighted by Crippen LogP contribution is -2.49. The van der Waals surface area contributed by atoms with Gasteiger partial charge in [-0.2, -0.15) is 0 Å². The predicted molar refractivity (Wildman–Crippen MR) is 84.1 cm³/mol. The molecule has 21 heavy (non-hydrogen) atoms. The van der Waals surface area contributed by atoms with E-state index in [-0.39, 0.29) is 5.97 Å². The maximum Gasteiger partial charge on any atom is 0.357 e. The summed E-state index contributed by atoms with van der Waals surface area (Å²) in [6, 6.07) is 0.804. The van der Waals surface area contributed by atoms with Crippen LogP contribution in [-0.2, 0) is 4.74 Å². The molecule has 0 N–H and O–H groups in total. The number of esters is 1. The van der Waals surface area contributed by atoms with E-state index in [1.54, 1.807) is 5.38 Å². The highest BCUT2D eigenvalue weighted by atomic mass is 32.1. The summed E-state index contributed by atoms with van der Waals surface area (Å²) >= 11 is 1.54. The van der Waals surface area contributed by atoms with Gasteiger partial charge in [0.25, 0.3) is 0 Å². The van der Waals surface area contributed by atoms with Crippen LogP contribution >= 0.6 is 11.3 Å². The minimum Gasteiger partial charge on any atom is -0.461 e. The Labute approximate surface area is 129 Å². The van der Waals surface area contributed by atoms with E-state index in [0.29, 0.717) is 12.3 Å². The predicted octanol–water partition coefficient (Wildman–Crippen LogP) is 2.38. The maximum absolute atomic E-state index is 11.7. The molecular weight excluding hydrogens is 286 g/mol. The quantitative estimate of drug-likeness (QED) is 0.799. The zero-order valence-corrected chi connectivity index (χ0v) is 13.4. The number of rotatable bonds is 4. The molecule has 1 aliphatic carbocycles. The Bertz CT molecular complexity index is 477. The van der Waals surface area contributed by atoms with Gasteiger partial charge in [-0.1, -0.05) is 12.8 Å². The van der Waals surface area contributed by atoms with Crippen molar-refractivity contribution >= 4 is 22.4 Å². The van der Waals surface area contributed by atoms with Gasteiger partial charge in [-0.3, -0.25) is 4.90 Å². The average molecular weight is 309 g/mol. The molecule has 1 aliphatic heterocycles. The number of ether oxygens (including phenoxy) is 1. The molecule has 1 aromatic rings. The Morgan fingerprint density at radius 3 is 2.71 bits per heavy atom. The number of aromatic nitrogens is 1. The van der Waals surface area contributed by atoms with Crippen molar-refractivity contribution in [3.05, 3.63) is 11.1 Å². The maximum atomic E-state index is 11.7. The summed E-state index contributed by atoms with van der Waals surface area (Å²) in [6.45, 7) is 6.44. The highest BCUT2D eigenvalue weighted by Crippen LogP contribution is 2.27. The number of hydrogen-bond donors (Lipinski definition) is 0. The summed E-state index contributed by atoms with van der Waals surface area (Å²) in [6.07, 6.45) is 5.51. The number of thiazole rings is 1. The second kappa shape index (κ2) is 6.75. The second-order valence-corrected chi connectivity index (χ2v) is 6.53. The summed E-state index contributed by atoms with van der Waals surface area (Å²) in [5.74, 6) is -0.315. The van der Waals surface area contributed by atoms with E-state index in [2.05, 4.69) is 14.8 Å². The molecule has 6 heteroatoms. The van der Waals surface area contributed by atoms with Crippen LogP contribution < -0.4 is 4.90 Å². The number of carbonyl (C=O) groups is 1. The van der Waals surface area contributed by atoms with E-state index >= 15 is 0 Å². The van der Waals surface area contributed by atoms with Gasteiger partial charge >= 0.3 is 5.97 Å². The number of anilines is 1. The highest BCUT2D eigenvalue weighted by Gasteiger charge is 2.27. The summed E-state index contributed by atoms with van der Waals surface area (Å²) in [4.78, 5) is 21.0. The van der Waals surface area contributed by atoms with Crippen LogP contribution in [0.15, 0.2) is 5.38 Å². The van der Waals surface area contributed by atoms with Crippen molar-refractivity contribution in [1.82, 2.24) is 9.88 Å². The molecule has 2 fully saturated rings. The van der Waals surface area contributed by atoms with Crippen molar-refractivity contribution < 1.29 is 9.53 Å². The molecule has 1 saturated heterocycles. The molecule has 1 aromatic heterocycles. The molecule has 2 heterocycles. The first-order chi connectivity index (χ1) is 10.3. The standard InChI is InChI=1S/C15H23N3O2S/c1-2-20-14(19)13-11-21-15(16-13)18-9-7-17(8-10-18)12-5-3-4-6-12/h11-12H,2-10H2,1H3. The molecule has 0 unspecified atom stereocenters. The summed E-state index contributed by atoms with van der Waals surface area (Å²) in [7, 11) is 0. The van der Waals surface area contributed by atoms with Crippen LogP contribution in [0.2, 0.25) is 0 Å². The van der Waals surface area contributed by atoms with Crippen molar-refractivity contribution in [2.75, 3.05) is 37.7 Å². The van der Waals surface area contributed by atoms with E-state index in [1.165, 1.54) is 37.0 Å². The van der Waals surface area contributed by atoms with Crippen LogP contribution in [-0.4, -0.2) is 54.7 Å². The van der Waals surface area contributed by atoms with E-state index in [9.17, 15) is 4.79 Å². The minimum atomic E-state index is -0.315. The topological polar surface area (TPSA) is 45.7 Å². The molecule has 1 saturated carbocycles. The lowest BCUT2D eigenvalue weighted by atomic mass is 10.2. The molecule has 5 nitrogen and oxygen atoms in total. The van der Waals surface area contributed by atoms with Gasteiger partial charge in [0.1, 0.15) is 0 Å². The van der Waals surface area contributed by atoms with E-state index in [1.807, 2.05) is 6.92 Å². The van der Waals surface area contributed by atoms with Crippen LogP contribution in [0, 0.1) is 0 Å². The SMILES string of the molecule is CCOC(=O)c1csc(N2CCN(C3CCCC3)CC2)n1. The molecule has 0 radical (unpaired) electrons. The Kier molecular flexibility index (Phi) is 4.75. The third kappa shape index (κ3) is 3.37. The molecule has 0 aromatic carbocycles. The van der Waals surface area contributed by atoms with Gasteiger partial charge in [0, 0.05) is 37.6 Å². The van der Waals surface area contributed by atoms with E-state index in [4.69, 9.17) is 4.74 Å². The Morgan fingerprint density at radius 2 is 2.05 bits per heavy atom. The first kappa shape index (κ1) is 14.8. The fourth-order valence-electron chi connectivity index (χ4n) is 3.26. The van der Waals surface area contributed by atoms with Crippen LogP contribution in [0.1, 0.15) is 43.1 Å². The van der Waals surface area contributed by atoms with Gasteiger partial charge < -0.3 is 9.64 Å². The molecule has 0 spiro atoms. The highest BCUT2D eigenvalue weighted by molar-refractivity contribution is 7.13. The van der Waals surface area contributed by atoms with Gasteiger partial charge in [-0.25, -0.2) is 9.78 Å². The first-order valence-electron chi connectivity index (χ1n) is 7.89. The second-order valence-electron chi connectivity index (χ2n) is 5.70. The molecule has 2 aliphatic rings. The van der Waals surface area contributed by atoms with E-state index < -0.39 is 0 Å². The van der Waals surface area contributed by atoms with Crippen molar-refractivity contribution in [1.29, 1.82) is 0 Å². The van der Waals surface area contributed by atoms with Crippen molar-refractivity contribution in [2.45, 2.75) is 38.6 Å². The molecular formula is C15H23N3O2S. The number of hydrogen-bond acceptors (Lipinski definition) is 6. The van der Waals surface area contributed by atoms with Crippen molar-refractivity contribution in [3.8, 4) is 0 Å². The Balaban J connectivity index is 1.55. The van der Waals surface area contributed by atoms with Crippen LogP contribution in [0.4, 0.5) is 5.13 Å². The van der Waals surface area contributed by atoms with Gasteiger partial charge in [-0.05, 0) is 19.8 Å². The van der Waals surface area contributed by atoms with Crippen molar-refractivity contribution in [2.24, 2.45) is 0 Å². The summed E-state index contributed by atoms with van der Waals surface area (Å²) in [5, 5.41) is 2.75. The molecule has 0 atom stereocenters. The zero-order valence-electron chi connectivity index (χ0n) is 12.6. The number of carbonyl (C=O) groups excluding carboxylic acids is 1. The van der Waals surface area contributed by atoms with Crippen molar-refractivity contribution in [3.63, 3.8) is 0 Å². The minimum absolute atomic E-state index is 0.315. The fraction of sp³-hybridized carbons (Fsp3) is 0.733. The van der Waals surface area contributed by atoms with Gasteiger partial charge in [0.15, 0.2) is 10.8 Å². The normalized spacial score (nSPS) is 20.9. The fourth-order valence-corrected chi connectivity index (χ4v) is 4.10. The largest absolute Gasteiger partial charge is 0.461 e. The number of piperazine rings is 1. The van der Waals surface area contributed by atoms with Crippen LogP contribution in [0.3, 0.4) is 0 Å². The summed E-state index contributed by atoms with van der Waals surface area (Å²) in [5.41, 5.74) is 0.440. The Morgan fingerprint density at radius 1 is 1.33 bits per heavy atom. The lowest BCUT2D eigenvalue weighted by Gasteiger charge is -2.37. The molecule has 116 valence electrons. The van der Waals surface area contributed by atoms with Gasteiger partial charge in [0.2, 0.25) is 0 Å². The van der Waals surface area contributed by atoms with E-state index in [0.717, 1.165) is 37.4 Å². The number of nitrogens with zero attached hydrogens (tertiary/aromatic N) is 3. The third-order valence-electron chi connectivity index (χ3n) is 4.40. The van der Waals surface area contributed by atoms with Gasteiger partial charge in [0.05, 0.1) is 6.61 Å². The Hall–Kier alpha value is -1.14. The molecule has 0 bridgehead atoms. The first-order valence-corrected chi connectivity index (χ1v) is 8.77.